The molecule has 0 aliphatic heterocycles. The van der Waals surface area contributed by atoms with Crippen molar-refractivity contribution < 1.29 is 13.9 Å². The number of ether oxygens (including phenoxy) is 2. The van der Waals surface area contributed by atoms with Crippen molar-refractivity contribution in [1.82, 2.24) is 5.32 Å². The van der Waals surface area contributed by atoms with Crippen molar-refractivity contribution in [1.29, 1.82) is 0 Å². The fourth-order valence-electron chi connectivity index (χ4n) is 1.66. The van der Waals surface area contributed by atoms with E-state index in [0.29, 0.717) is 36.1 Å². The summed E-state index contributed by atoms with van der Waals surface area (Å²) in [7, 11) is 1.56. The van der Waals surface area contributed by atoms with Crippen LogP contribution in [0.5, 0.6) is 11.5 Å². The quantitative estimate of drug-likeness (QED) is 0.773. The number of methoxy groups -OCH3 is 1. The molecule has 5 heteroatoms. The van der Waals surface area contributed by atoms with Gasteiger partial charge >= 0.3 is 0 Å². The summed E-state index contributed by atoms with van der Waals surface area (Å²) in [5.41, 5.74) is 0.884. The van der Waals surface area contributed by atoms with E-state index in [-0.39, 0.29) is 5.54 Å². The Morgan fingerprint density at radius 1 is 1.30 bits per heavy atom. The summed E-state index contributed by atoms with van der Waals surface area (Å²) in [6.07, 6.45) is 0.359. The summed E-state index contributed by atoms with van der Waals surface area (Å²) in [6.45, 7) is 6.77. The van der Waals surface area contributed by atoms with Gasteiger partial charge in [-0.2, -0.15) is 0 Å². The lowest BCUT2D eigenvalue weighted by Gasteiger charge is -2.22. The number of nitrogens with one attached hydrogen (secondary N) is 1. The highest BCUT2D eigenvalue weighted by Gasteiger charge is 2.15. The third-order valence-corrected chi connectivity index (χ3v) is 2.87. The van der Waals surface area contributed by atoms with Gasteiger partial charge in [-0.15, -0.1) is 0 Å². The molecule has 0 aliphatic rings. The second-order valence-electron chi connectivity index (χ2n) is 5.59. The molecule has 0 atom stereocenters. The topological polar surface area (TPSA) is 30.5 Å². The second kappa shape index (κ2) is 7.70. The van der Waals surface area contributed by atoms with E-state index in [2.05, 4.69) is 26.1 Å². The van der Waals surface area contributed by atoms with Gasteiger partial charge in [0.2, 0.25) is 0 Å². The molecular formula is C15H23ClFNO2. The molecule has 0 unspecified atom stereocenters. The zero-order valence-corrected chi connectivity index (χ0v) is 13.3. The Morgan fingerprint density at radius 2 is 2.00 bits per heavy atom. The molecule has 3 nitrogen and oxygen atoms in total. The van der Waals surface area contributed by atoms with Crippen LogP contribution in [-0.4, -0.2) is 25.9 Å². The maximum Gasteiger partial charge on any atom is 0.165 e. The Bertz CT molecular complexity index is 433. The summed E-state index contributed by atoms with van der Waals surface area (Å²) in [6, 6.07) is 3.54. The standard InChI is InChI=1S/C15H23ClFNO2/c1-15(2,3)18-10-11-8-12(16)9-13(19-4)14(11)20-7-5-6-17/h8-9,18H,5-7,10H2,1-4H3. The highest BCUT2D eigenvalue weighted by Crippen LogP contribution is 2.35. The molecule has 0 fully saturated rings. The zero-order valence-electron chi connectivity index (χ0n) is 12.6. The first-order valence-electron chi connectivity index (χ1n) is 6.67. The van der Waals surface area contributed by atoms with Gasteiger partial charge in [-0.25, -0.2) is 0 Å². The maximum absolute atomic E-state index is 12.2. The fourth-order valence-corrected chi connectivity index (χ4v) is 1.89. The lowest BCUT2D eigenvalue weighted by atomic mass is 10.1. The number of alkyl halides is 1. The van der Waals surface area contributed by atoms with Crippen LogP contribution in [0, 0.1) is 0 Å². The SMILES string of the molecule is COc1cc(Cl)cc(CNC(C)(C)C)c1OCCCF. The van der Waals surface area contributed by atoms with Crippen molar-refractivity contribution in [3.8, 4) is 11.5 Å². The van der Waals surface area contributed by atoms with Crippen LogP contribution in [0.3, 0.4) is 0 Å². The molecule has 1 aromatic carbocycles. The Balaban J connectivity index is 2.95. The van der Waals surface area contributed by atoms with E-state index in [9.17, 15) is 4.39 Å². The number of halogens is 2. The lowest BCUT2D eigenvalue weighted by Crippen LogP contribution is -2.35. The monoisotopic (exact) mass is 303 g/mol. The molecule has 0 amide bonds. The molecule has 1 aromatic rings. The smallest absolute Gasteiger partial charge is 0.165 e. The van der Waals surface area contributed by atoms with E-state index < -0.39 is 6.67 Å². The summed E-state index contributed by atoms with van der Waals surface area (Å²) in [4.78, 5) is 0. The van der Waals surface area contributed by atoms with E-state index in [1.54, 1.807) is 13.2 Å². The minimum Gasteiger partial charge on any atom is -0.493 e. The first kappa shape index (κ1) is 17.1. The third-order valence-electron chi connectivity index (χ3n) is 2.65. The molecule has 0 aromatic heterocycles. The third kappa shape index (κ3) is 5.55. The maximum atomic E-state index is 12.2. The molecule has 0 radical (unpaired) electrons. The number of hydrogen-bond acceptors (Lipinski definition) is 3. The Morgan fingerprint density at radius 3 is 2.55 bits per heavy atom. The van der Waals surface area contributed by atoms with E-state index in [1.807, 2.05) is 6.07 Å². The average Bonchev–Trinajstić information content (AvgIpc) is 2.37. The molecule has 20 heavy (non-hydrogen) atoms. The molecule has 0 aliphatic carbocycles. The van der Waals surface area contributed by atoms with Crippen LogP contribution in [0.15, 0.2) is 12.1 Å². The molecule has 0 spiro atoms. The van der Waals surface area contributed by atoms with Crippen molar-refractivity contribution in [2.75, 3.05) is 20.4 Å². The van der Waals surface area contributed by atoms with Gasteiger partial charge < -0.3 is 14.8 Å². The molecular weight excluding hydrogens is 281 g/mol. The Kier molecular flexibility index (Phi) is 6.56. The van der Waals surface area contributed by atoms with Gasteiger partial charge in [0.05, 0.1) is 20.4 Å². The fraction of sp³-hybridized carbons (Fsp3) is 0.600. The van der Waals surface area contributed by atoms with E-state index in [4.69, 9.17) is 21.1 Å². The van der Waals surface area contributed by atoms with Crippen LogP contribution >= 0.6 is 11.6 Å². The average molecular weight is 304 g/mol. The van der Waals surface area contributed by atoms with Crippen molar-refractivity contribution in [2.45, 2.75) is 39.3 Å². The summed E-state index contributed by atoms with van der Waals surface area (Å²) >= 11 is 6.09. The van der Waals surface area contributed by atoms with Gasteiger partial charge in [0.15, 0.2) is 11.5 Å². The van der Waals surface area contributed by atoms with Crippen molar-refractivity contribution >= 4 is 11.6 Å². The molecule has 1 N–H and O–H groups in total. The first-order chi connectivity index (χ1) is 9.37. The number of hydrogen-bond donors (Lipinski definition) is 1. The molecule has 0 saturated carbocycles. The summed E-state index contributed by atoms with van der Waals surface area (Å²) in [5, 5.41) is 3.97. The van der Waals surface area contributed by atoms with Crippen LogP contribution < -0.4 is 14.8 Å². The van der Waals surface area contributed by atoms with Gasteiger partial charge in [-0.05, 0) is 26.8 Å². The predicted molar refractivity (Wildman–Crippen MR) is 80.7 cm³/mol. The van der Waals surface area contributed by atoms with Crippen LogP contribution in [0.1, 0.15) is 32.8 Å². The second-order valence-corrected chi connectivity index (χ2v) is 6.03. The van der Waals surface area contributed by atoms with Crippen molar-refractivity contribution in [3.05, 3.63) is 22.7 Å². The molecule has 114 valence electrons. The normalized spacial score (nSPS) is 11.5. The Labute approximate surface area is 125 Å². The van der Waals surface area contributed by atoms with Gasteiger partial charge in [0.1, 0.15) is 0 Å². The van der Waals surface area contributed by atoms with E-state index >= 15 is 0 Å². The van der Waals surface area contributed by atoms with E-state index in [0.717, 1.165) is 5.56 Å². The van der Waals surface area contributed by atoms with E-state index in [1.165, 1.54) is 0 Å². The van der Waals surface area contributed by atoms with Crippen molar-refractivity contribution in [2.24, 2.45) is 0 Å². The van der Waals surface area contributed by atoms with Gasteiger partial charge in [-0.1, -0.05) is 11.6 Å². The van der Waals surface area contributed by atoms with Crippen LogP contribution in [0.4, 0.5) is 4.39 Å². The highest BCUT2D eigenvalue weighted by atomic mass is 35.5. The van der Waals surface area contributed by atoms with Crippen LogP contribution in [0.2, 0.25) is 5.02 Å². The predicted octanol–water partition coefficient (Wildman–Crippen LogP) is 3.98. The van der Waals surface area contributed by atoms with Gasteiger partial charge in [0.25, 0.3) is 0 Å². The van der Waals surface area contributed by atoms with Crippen molar-refractivity contribution in [3.63, 3.8) is 0 Å². The minimum absolute atomic E-state index is 0.0221. The summed E-state index contributed by atoms with van der Waals surface area (Å²) in [5.74, 6) is 1.20. The zero-order chi connectivity index (χ0) is 15.2. The molecule has 1 rings (SSSR count). The molecule has 0 heterocycles. The van der Waals surface area contributed by atoms with Crippen LogP contribution in [-0.2, 0) is 6.54 Å². The van der Waals surface area contributed by atoms with Gasteiger partial charge in [-0.3, -0.25) is 4.39 Å². The summed E-state index contributed by atoms with van der Waals surface area (Å²) < 4.78 is 23.2. The lowest BCUT2D eigenvalue weighted by molar-refractivity contribution is 0.269. The highest BCUT2D eigenvalue weighted by molar-refractivity contribution is 6.30. The van der Waals surface area contributed by atoms with Crippen LogP contribution in [0.25, 0.3) is 0 Å². The first-order valence-corrected chi connectivity index (χ1v) is 7.05. The number of benzene rings is 1. The van der Waals surface area contributed by atoms with Gasteiger partial charge in [0, 0.05) is 35.2 Å². The number of rotatable bonds is 7. The largest absolute Gasteiger partial charge is 0.493 e. The Hall–Kier alpha value is -1.00. The minimum atomic E-state index is -0.397. The molecule has 0 saturated heterocycles. The molecule has 0 bridgehead atoms.